The molecule has 1 aliphatic heterocycles. The topological polar surface area (TPSA) is 67.2 Å². The maximum atomic E-state index is 13.2. The molecule has 0 N–H and O–H groups in total. The summed E-state index contributed by atoms with van der Waals surface area (Å²) < 4.78 is 1.61. The van der Waals surface area contributed by atoms with E-state index in [2.05, 4.69) is 52.5 Å². The lowest BCUT2D eigenvalue weighted by molar-refractivity contribution is 0.0746. The van der Waals surface area contributed by atoms with E-state index in [4.69, 9.17) is 0 Å². The highest BCUT2D eigenvalue weighted by Gasteiger charge is 2.25. The van der Waals surface area contributed by atoms with Gasteiger partial charge in [-0.15, -0.1) is 5.10 Å². The van der Waals surface area contributed by atoms with Crippen molar-refractivity contribution in [2.75, 3.05) is 31.1 Å². The van der Waals surface area contributed by atoms with Crippen molar-refractivity contribution in [3.63, 3.8) is 0 Å². The van der Waals surface area contributed by atoms with Crippen LogP contribution < -0.4 is 4.90 Å². The highest BCUT2D eigenvalue weighted by molar-refractivity contribution is 5.98. The molecular weight excluding hydrogens is 352 g/mol. The molecule has 1 saturated heterocycles. The summed E-state index contributed by atoms with van der Waals surface area (Å²) in [5, 5.41) is 11.7. The van der Waals surface area contributed by atoms with Crippen molar-refractivity contribution in [3.8, 4) is 5.69 Å². The van der Waals surface area contributed by atoms with Crippen LogP contribution in [-0.2, 0) is 0 Å². The van der Waals surface area contributed by atoms with E-state index in [-0.39, 0.29) is 5.91 Å². The molecule has 0 aliphatic carbocycles. The minimum atomic E-state index is 0.0192. The first-order valence-corrected chi connectivity index (χ1v) is 9.50. The fourth-order valence-electron chi connectivity index (χ4n) is 3.77. The first-order valence-electron chi connectivity index (χ1n) is 9.50. The van der Waals surface area contributed by atoms with Gasteiger partial charge in [0.2, 0.25) is 0 Å². The molecular formula is C21H24N6O. The summed E-state index contributed by atoms with van der Waals surface area (Å²) in [6.45, 7) is 9.10. The molecule has 0 atom stereocenters. The number of carbonyl (C=O) groups excluding carboxylic acids is 1. The molecule has 2 aromatic carbocycles. The third-order valence-corrected chi connectivity index (χ3v) is 5.25. The van der Waals surface area contributed by atoms with Gasteiger partial charge in [0, 0.05) is 31.9 Å². The highest BCUT2D eigenvalue weighted by Crippen LogP contribution is 2.24. The van der Waals surface area contributed by atoms with Gasteiger partial charge in [-0.25, -0.2) is 0 Å². The van der Waals surface area contributed by atoms with E-state index >= 15 is 0 Å². The van der Waals surface area contributed by atoms with Gasteiger partial charge < -0.3 is 9.80 Å². The molecule has 7 heteroatoms. The summed E-state index contributed by atoms with van der Waals surface area (Å²) in [4.78, 5) is 17.5. The molecule has 0 saturated carbocycles. The van der Waals surface area contributed by atoms with Gasteiger partial charge in [-0.05, 0) is 55.0 Å². The molecule has 4 rings (SSSR count). The van der Waals surface area contributed by atoms with Crippen LogP contribution >= 0.6 is 0 Å². The molecule has 3 aromatic rings. The van der Waals surface area contributed by atoms with Crippen molar-refractivity contribution in [1.82, 2.24) is 25.1 Å². The lowest BCUT2D eigenvalue weighted by Crippen LogP contribution is -2.49. The molecule has 0 unspecified atom stereocenters. The molecule has 1 aliphatic rings. The van der Waals surface area contributed by atoms with Crippen LogP contribution in [0.15, 0.2) is 42.5 Å². The first kappa shape index (κ1) is 18.2. The molecule has 144 valence electrons. The number of aromatic nitrogens is 4. The van der Waals surface area contributed by atoms with Gasteiger partial charge in [-0.2, -0.15) is 4.68 Å². The molecule has 1 amide bonds. The molecule has 7 nitrogen and oxygen atoms in total. The zero-order valence-electron chi connectivity index (χ0n) is 16.5. The Hall–Kier alpha value is -3.22. The standard InChI is InChI=1S/C21H24N6O/c1-15-8-9-19(16(2)14-15)25-10-12-26(13-11-25)21(28)18-6-4-5-7-20(18)27-17(3)22-23-24-27/h4-9,14H,10-13H2,1-3H3. The Kier molecular flexibility index (Phi) is 4.81. The summed E-state index contributed by atoms with van der Waals surface area (Å²) in [5.74, 6) is 0.672. The van der Waals surface area contributed by atoms with E-state index in [1.807, 2.05) is 36.1 Å². The van der Waals surface area contributed by atoms with Gasteiger partial charge in [0.1, 0.15) is 0 Å². The fraction of sp³-hybridized carbons (Fsp3) is 0.333. The summed E-state index contributed by atoms with van der Waals surface area (Å²) in [7, 11) is 0. The van der Waals surface area contributed by atoms with Crippen LogP contribution in [0.25, 0.3) is 5.69 Å². The van der Waals surface area contributed by atoms with Crippen molar-refractivity contribution >= 4 is 11.6 Å². The summed E-state index contributed by atoms with van der Waals surface area (Å²) in [5.41, 5.74) is 5.14. The third kappa shape index (κ3) is 3.35. The van der Waals surface area contributed by atoms with Crippen molar-refractivity contribution < 1.29 is 4.79 Å². The molecule has 0 spiro atoms. The van der Waals surface area contributed by atoms with Gasteiger partial charge in [0.15, 0.2) is 5.82 Å². The van der Waals surface area contributed by atoms with E-state index in [0.717, 1.165) is 13.1 Å². The number of benzene rings is 2. The lowest BCUT2D eigenvalue weighted by Gasteiger charge is -2.37. The smallest absolute Gasteiger partial charge is 0.256 e. The second-order valence-corrected chi connectivity index (χ2v) is 7.22. The Morgan fingerprint density at radius 3 is 2.36 bits per heavy atom. The largest absolute Gasteiger partial charge is 0.368 e. The van der Waals surface area contributed by atoms with Crippen LogP contribution in [0.2, 0.25) is 0 Å². The quantitative estimate of drug-likeness (QED) is 0.703. The Labute approximate surface area is 164 Å². The molecule has 0 bridgehead atoms. The zero-order chi connectivity index (χ0) is 19.7. The number of nitrogens with zero attached hydrogens (tertiary/aromatic N) is 6. The first-order chi connectivity index (χ1) is 13.5. The number of para-hydroxylation sites is 1. The lowest BCUT2D eigenvalue weighted by atomic mass is 10.1. The Bertz CT molecular complexity index is 1000. The van der Waals surface area contributed by atoms with Gasteiger partial charge >= 0.3 is 0 Å². The second kappa shape index (κ2) is 7.42. The van der Waals surface area contributed by atoms with Gasteiger partial charge in [-0.3, -0.25) is 4.79 Å². The molecule has 0 radical (unpaired) electrons. The average Bonchev–Trinajstić information content (AvgIpc) is 3.13. The minimum Gasteiger partial charge on any atom is -0.368 e. The van der Waals surface area contributed by atoms with Crippen LogP contribution in [0.1, 0.15) is 27.3 Å². The Morgan fingerprint density at radius 1 is 0.929 bits per heavy atom. The Balaban J connectivity index is 1.52. The number of hydrogen-bond acceptors (Lipinski definition) is 5. The van der Waals surface area contributed by atoms with E-state index < -0.39 is 0 Å². The monoisotopic (exact) mass is 376 g/mol. The predicted octanol–water partition coefficient (Wildman–Crippen LogP) is 2.55. The summed E-state index contributed by atoms with van der Waals surface area (Å²) >= 11 is 0. The van der Waals surface area contributed by atoms with E-state index in [0.29, 0.717) is 30.2 Å². The van der Waals surface area contributed by atoms with Crippen LogP contribution in [0.5, 0.6) is 0 Å². The number of amides is 1. The van der Waals surface area contributed by atoms with E-state index in [9.17, 15) is 4.79 Å². The predicted molar refractivity (Wildman–Crippen MR) is 108 cm³/mol. The van der Waals surface area contributed by atoms with Crippen molar-refractivity contribution in [2.45, 2.75) is 20.8 Å². The van der Waals surface area contributed by atoms with E-state index in [1.54, 1.807) is 4.68 Å². The van der Waals surface area contributed by atoms with Crippen molar-refractivity contribution in [1.29, 1.82) is 0 Å². The van der Waals surface area contributed by atoms with Crippen LogP contribution in [0.4, 0.5) is 5.69 Å². The number of carbonyl (C=O) groups is 1. The summed E-state index contributed by atoms with van der Waals surface area (Å²) in [6.07, 6.45) is 0. The normalized spacial score (nSPS) is 14.4. The van der Waals surface area contributed by atoms with E-state index in [1.165, 1.54) is 16.8 Å². The number of anilines is 1. The molecule has 2 heterocycles. The number of tetrazole rings is 1. The van der Waals surface area contributed by atoms with Crippen LogP contribution in [-0.4, -0.2) is 57.2 Å². The number of rotatable bonds is 3. The summed E-state index contributed by atoms with van der Waals surface area (Å²) in [6, 6.07) is 14.0. The fourth-order valence-corrected chi connectivity index (χ4v) is 3.77. The number of piperazine rings is 1. The molecule has 1 aromatic heterocycles. The van der Waals surface area contributed by atoms with Gasteiger partial charge in [0.25, 0.3) is 5.91 Å². The zero-order valence-corrected chi connectivity index (χ0v) is 16.5. The Morgan fingerprint density at radius 2 is 1.68 bits per heavy atom. The average molecular weight is 376 g/mol. The number of aryl methyl sites for hydroxylation is 3. The van der Waals surface area contributed by atoms with Crippen molar-refractivity contribution in [2.24, 2.45) is 0 Å². The van der Waals surface area contributed by atoms with Crippen LogP contribution in [0.3, 0.4) is 0 Å². The maximum Gasteiger partial charge on any atom is 0.256 e. The number of hydrogen-bond donors (Lipinski definition) is 0. The maximum absolute atomic E-state index is 13.2. The molecule has 28 heavy (non-hydrogen) atoms. The second-order valence-electron chi connectivity index (χ2n) is 7.22. The molecule has 1 fully saturated rings. The van der Waals surface area contributed by atoms with Crippen LogP contribution in [0, 0.1) is 20.8 Å². The highest BCUT2D eigenvalue weighted by atomic mass is 16.2. The van der Waals surface area contributed by atoms with Gasteiger partial charge in [-0.1, -0.05) is 29.8 Å². The van der Waals surface area contributed by atoms with Crippen molar-refractivity contribution in [3.05, 3.63) is 65.0 Å². The SMILES string of the molecule is Cc1ccc(N2CCN(C(=O)c3ccccc3-n3nnnc3C)CC2)c(C)c1. The third-order valence-electron chi connectivity index (χ3n) is 5.25. The van der Waals surface area contributed by atoms with Gasteiger partial charge in [0.05, 0.1) is 11.3 Å². The minimum absolute atomic E-state index is 0.0192.